The average Bonchev–Trinajstić information content (AvgIpc) is 2.38. The second-order valence-electron chi connectivity index (χ2n) is 3.53. The molecule has 0 aliphatic rings. The van der Waals surface area contributed by atoms with E-state index >= 15 is 0 Å². The van der Waals surface area contributed by atoms with Crippen LogP contribution < -0.4 is 4.74 Å². The molecular weight excluding hydrogens is 290 g/mol. The number of nitro groups is 1. The maximum atomic E-state index is 11.0. The van der Waals surface area contributed by atoms with E-state index < -0.39 is 10.9 Å². The summed E-state index contributed by atoms with van der Waals surface area (Å²) in [6, 6.07) is 4.84. The molecule has 2 aromatic rings. The molecule has 0 saturated heterocycles. The van der Waals surface area contributed by atoms with Gasteiger partial charge in [0.05, 0.1) is 11.1 Å². The van der Waals surface area contributed by atoms with E-state index in [1.165, 1.54) is 24.4 Å². The predicted octanol–water partition coefficient (Wildman–Crippen LogP) is 2.53. The quantitative estimate of drug-likeness (QED) is 0.680. The summed E-state index contributed by atoms with van der Waals surface area (Å²) < 4.78 is 5.22. The van der Waals surface area contributed by atoms with Crippen molar-refractivity contribution >= 4 is 23.3 Å². The number of carboxylic acid groups (broad SMARTS) is 1. The fraction of sp³-hybridized carbons (Fsp3) is 0. The van der Waals surface area contributed by atoms with Gasteiger partial charge in [-0.05, 0) is 12.1 Å². The van der Waals surface area contributed by atoms with Crippen LogP contribution in [0, 0.1) is 10.1 Å². The maximum Gasteiger partial charge on any atom is 0.341 e. The summed E-state index contributed by atoms with van der Waals surface area (Å²) in [5.74, 6) is -1.35. The van der Waals surface area contributed by atoms with Gasteiger partial charge in [-0.3, -0.25) is 10.1 Å². The van der Waals surface area contributed by atoms with E-state index in [0.717, 1.165) is 6.07 Å². The lowest BCUT2D eigenvalue weighted by Gasteiger charge is -2.06. The number of aromatic nitrogens is 2. The summed E-state index contributed by atoms with van der Waals surface area (Å²) in [5.41, 5.74) is -0.467. The van der Waals surface area contributed by atoms with Crippen molar-refractivity contribution in [3.05, 3.63) is 51.2 Å². The number of rotatable bonds is 4. The lowest BCUT2D eigenvalue weighted by Crippen LogP contribution is -2.03. The molecule has 0 atom stereocenters. The highest BCUT2D eigenvalue weighted by atomic mass is 35.5. The monoisotopic (exact) mass is 295 g/mol. The van der Waals surface area contributed by atoms with Gasteiger partial charge in [-0.2, -0.15) is 5.10 Å². The van der Waals surface area contributed by atoms with Gasteiger partial charge in [0.1, 0.15) is 16.3 Å². The van der Waals surface area contributed by atoms with Gasteiger partial charge in [0.15, 0.2) is 0 Å². The molecule has 0 fully saturated rings. The third kappa shape index (κ3) is 2.81. The van der Waals surface area contributed by atoms with Crippen molar-refractivity contribution in [2.75, 3.05) is 0 Å². The van der Waals surface area contributed by atoms with Gasteiger partial charge in [-0.1, -0.05) is 11.6 Å². The van der Waals surface area contributed by atoms with Gasteiger partial charge < -0.3 is 9.84 Å². The van der Waals surface area contributed by atoms with E-state index in [-0.39, 0.29) is 27.9 Å². The van der Waals surface area contributed by atoms with Gasteiger partial charge in [0.25, 0.3) is 11.6 Å². The number of hydrogen-bond donors (Lipinski definition) is 1. The summed E-state index contributed by atoms with van der Waals surface area (Å²) in [6.07, 6.45) is 1.21. The number of halogens is 1. The van der Waals surface area contributed by atoms with Crippen molar-refractivity contribution in [1.29, 1.82) is 0 Å². The van der Waals surface area contributed by atoms with Crippen molar-refractivity contribution in [3.8, 4) is 11.6 Å². The third-order valence-corrected chi connectivity index (χ3v) is 2.55. The van der Waals surface area contributed by atoms with Crippen molar-refractivity contribution in [2.24, 2.45) is 0 Å². The molecule has 0 spiro atoms. The van der Waals surface area contributed by atoms with Gasteiger partial charge in [0.2, 0.25) is 0 Å². The first-order valence-electron chi connectivity index (χ1n) is 5.16. The Morgan fingerprint density at radius 2 is 2.15 bits per heavy atom. The number of aromatic carboxylic acids is 1. The zero-order chi connectivity index (χ0) is 14.7. The molecule has 0 aliphatic heterocycles. The number of carbonyl (C=O) groups is 1. The highest BCUT2D eigenvalue weighted by Gasteiger charge is 2.16. The number of benzene rings is 1. The predicted molar refractivity (Wildman–Crippen MR) is 67.2 cm³/mol. The fourth-order valence-electron chi connectivity index (χ4n) is 1.37. The van der Waals surface area contributed by atoms with Gasteiger partial charge >= 0.3 is 5.97 Å². The summed E-state index contributed by atoms with van der Waals surface area (Å²) in [7, 11) is 0. The second kappa shape index (κ2) is 5.49. The Kier molecular flexibility index (Phi) is 3.76. The maximum absolute atomic E-state index is 11.0. The zero-order valence-electron chi connectivity index (χ0n) is 9.69. The van der Waals surface area contributed by atoms with E-state index in [1.54, 1.807) is 0 Å². The van der Waals surface area contributed by atoms with Gasteiger partial charge in [0, 0.05) is 12.1 Å². The number of hydrogen-bond acceptors (Lipinski definition) is 6. The van der Waals surface area contributed by atoms with Crippen LogP contribution in [0.5, 0.6) is 11.6 Å². The first kappa shape index (κ1) is 13.7. The first-order valence-corrected chi connectivity index (χ1v) is 5.53. The minimum Gasteiger partial charge on any atom is -0.477 e. The topological polar surface area (TPSA) is 115 Å². The second-order valence-corrected chi connectivity index (χ2v) is 3.93. The molecule has 102 valence electrons. The minimum absolute atomic E-state index is 0.114. The Hall–Kier alpha value is -2.74. The molecule has 1 heterocycles. The number of carboxylic acids is 1. The average molecular weight is 296 g/mol. The van der Waals surface area contributed by atoms with Crippen molar-refractivity contribution < 1.29 is 19.6 Å². The summed E-state index contributed by atoms with van der Waals surface area (Å²) >= 11 is 5.72. The Bertz CT molecular complexity index is 692. The van der Waals surface area contributed by atoms with E-state index in [2.05, 4.69) is 10.2 Å². The van der Waals surface area contributed by atoms with Crippen LogP contribution in [0.15, 0.2) is 30.5 Å². The van der Waals surface area contributed by atoms with Gasteiger partial charge in [-0.25, -0.2) is 4.79 Å². The van der Waals surface area contributed by atoms with Crippen LogP contribution in [0.1, 0.15) is 10.4 Å². The smallest absolute Gasteiger partial charge is 0.341 e. The van der Waals surface area contributed by atoms with Crippen LogP contribution in [0.3, 0.4) is 0 Å². The molecular formula is C11H6ClN3O5. The van der Waals surface area contributed by atoms with Crippen LogP contribution in [0.25, 0.3) is 0 Å². The SMILES string of the molecule is O=C(O)c1ccnnc1Oc1ccc([N+](=O)[O-])c(Cl)c1. The lowest BCUT2D eigenvalue weighted by molar-refractivity contribution is -0.384. The molecule has 8 nitrogen and oxygen atoms in total. The van der Waals surface area contributed by atoms with Crippen molar-refractivity contribution in [1.82, 2.24) is 10.2 Å². The summed E-state index contributed by atoms with van der Waals surface area (Å²) in [5, 5.41) is 26.5. The normalized spacial score (nSPS) is 10.1. The molecule has 0 amide bonds. The highest BCUT2D eigenvalue weighted by molar-refractivity contribution is 6.32. The molecule has 2 rings (SSSR count). The molecule has 0 unspecified atom stereocenters. The Morgan fingerprint density at radius 1 is 1.40 bits per heavy atom. The van der Waals surface area contributed by atoms with Crippen LogP contribution in [-0.4, -0.2) is 26.2 Å². The molecule has 20 heavy (non-hydrogen) atoms. The minimum atomic E-state index is -1.23. The van der Waals surface area contributed by atoms with Crippen molar-refractivity contribution in [3.63, 3.8) is 0 Å². The third-order valence-electron chi connectivity index (χ3n) is 2.25. The Morgan fingerprint density at radius 3 is 2.75 bits per heavy atom. The van der Waals surface area contributed by atoms with Crippen LogP contribution in [0.4, 0.5) is 5.69 Å². The van der Waals surface area contributed by atoms with Crippen LogP contribution in [-0.2, 0) is 0 Å². The number of nitro benzene ring substituents is 1. The standard InChI is InChI=1S/C11H6ClN3O5/c12-8-5-6(1-2-9(8)15(18)19)20-10-7(11(16)17)3-4-13-14-10/h1-5H,(H,16,17). The number of ether oxygens (including phenoxy) is 1. The Labute approximate surface area is 116 Å². The van der Waals surface area contributed by atoms with E-state index in [9.17, 15) is 14.9 Å². The molecule has 0 saturated carbocycles. The summed E-state index contributed by atoms with van der Waals surface area (Å²) in [6.45, 7) is 0. The van der Waals surface area contributed by atoms with E-state index in [4.69, 9.17) is 21.4 Å². The molecule has 9 heteroatoms. The first-order chi connectivity index (χ1) is 9.49. The lowest BCUT2D eigenvalue weighted by atomic mass is 10.3. The summed E-state index contributed by atoms with van der Waals surface area (Å²) in [4.78, 5) is 20.9. The molecule has 1 N–H and O–H groups in total. The largest absolute Gasteiger partial charge is 0.477 e. The van der Waals surface area contributed by atoms with Crippen molar-refractivity contribution in [2.45, 2.75) is 0 Å². The molecule has 0 aliphatic carbocycles. The highest BCUT2D eigenvalue weighted by Crippen LogP contribution is 2.31. The van der Waals surface area contributed by atoms with Gasteiger partial charge in [-0.15, -0.1) is 5.10 Å². The molecule has 1 aromatic carbocycles. The van der Waals surface area contributed by atoms with Crippen LogP contribution >= 0.6 is 11.6 Å². The molecule has 1 aromatic heterocycles. The fourth-order valence-corrected chi connectivity index (χ4v) is 1.61. The zero-order valence-corrected chi connectivity index (χ0v) is 10.4. The Balaban J connectivity index is 2.34. The number of nitrogens with zero attached hydrogens (tertiary/aromatic N) is 3. The van der Waals surface area contributed by atoms with E-state index in [1.807, 2.05) is 0 Å². The van der Waals surface area contributed by atoms with E-state index in [0.29, 0.717) is 0 Å². The van der Waals surface area contributed by atoms with Crippen LogP contribution in [0.2, 0.25) is 5.02 Å². The molecule has 0 bridgehead atoms. The molecule has 0 radical (unpaired) electrons.